The van der Waals surface area contributed by atoms with Gasteiger partial charge in [0.1, 0.15) is 11.5 Å². The Balaban J connectivity index is 1.51. The molecule has 7 heteroatoms. The van der Waals surface area contributed by atoms with E-state index >= 15 is 4.39 Å². The summed E-state index contributed by atoms with van der Waals surface area (Å²) in [6, 6.07) is 1.57. The first kappa shape index (κ1) is 19.7. The Kier molecular flexibility index (Phi) is 4.46. The molecule has 4 aliphatic carbocycles. The molecule has 4 fully saturated rings. The molecule has 3 heterocycles. The zero-order valence-electron chi connectivity index (χ0n) is 18.0. The van der Waals surface area contributed by atoms with Crippen molar-refractivity contribution in [2.75, 3.05) is 5.32 Å². The normalized spacial score (nSPS) is 26.9. The smallest absolute Gasteiger partial charge is 0.219 e. The lowest BCUT2D eigenvalue weighted by atomic mass is 9.62. The Morgan fingerprint density at radius 3 is 2.56 bits per heavy atom. The summed E-state index contributed by atoms with van der Waals surface area (Å²) >= 11 is 0. The van der Waals surface area contributed by atoms with E-state index in [0.717, 1.165) is 19.0 Å². The van der Waals surface area contributed by atoms with Crippen molar-refractivity contribution in [3.05, 3.63) is 47.1 Å². The van der Waals surface area contributed by atoms with Gasteiger partial charge in [0.25, 0.3) is 0 Å². The number of aromatic nitrogens is 3. The maximum Gasteiger partial charge on any atom is 0.219 e. The van der Waals surface area contributed by atoms with Gasteiger partial charge < -0.3 is 10.3 Å². The third-order valence-electron chi connectivity index (χ3n) is 7.94. The Morgan fingerprint density at radius 1 is 1.12 bits per heavy atom. The minimum Gasteiger partial charge on any atom is -0.364 e. The van der Waals surface area contributed by atoms with E-state index in [1.165, 1.54) is 31.7 Å². The second-order valence-electron chi connectivity index (χ2n) is 9.73. The lowest BCUT2D eigenvalue weighted by molar-refractivity contribution is 0.0926. The van der Waals surface area contributed by atoms with Gasteiger partial charge in [-0.25, -0.2) is 23.6 Å². The van der Waals surface area contributed by atoms with Gasteiger partial charge in [0.2, 0.25) is 5.69 Å². The minimum atomic E-state index is -0.461. The quantitative estimate of drug-likeness (QED) is 0.458. The minimum absolute atomic E-state index is 0.0432. The van der Waals surface area contributed by atoms with E-state index in [4.69, 9.17) is 6.57 Å². The van der Waals surface area contributed by atoms with Crippen molar-refractivity contribution in [3.8, 4) is 11.3 Å². The number of fused-ring (bicyclic) bond motifs is 4. The van der Waals surface area contributed by atoms with Gasteiger partial charge in [-0.3, -0.25) is 0 Å². The summed E-state index contributed by atoms with van der Waals surface area (Å²) in [7, 11) is 0. The monoisotopic (exact) mass is 433 g/mol. The first-order valence-corrected chi connectivity index (χ1v) is 11.6. The second kappa shape index (κ2) is 7.26. The fourth-order valence-electron chi connectivity index (χ4n) is 6.05. The Bertz CT molecular complexity index is 1250. The molecule has 5 nitrogen and oxygen atoms in total. The highest BCUT2D eigenvalue weighted by atomic mass is 19.1. The zero-order valence-corrected chi connectivity index (χ0v) is 18.0. The summed E-state index contributed by atoms with van der Waals surface area (Å²) in [6.07, 6.45) is 9.44. The van der Waals surface area contributed by atoms with Crippen LogP contribution >= 0.6 is 0 Å². The molecule has 3 aromatic rings. The average molecular weight is 434 g/mol. The van der Waals surface area contributed by atoms with Crippen molar-refractivity contribution in [2.45, 2.75) is 57.4 Å². The highest BCUT2D eigenvalue weighted by Gasteiger charge is 2.42. The Hall–Kier alpha value is -3.01. The van der Waals surface area contributed by atoms with Crippen LogP contribution in [0.3, 0.4) is 0 Å². The van der Waals surface area contributed by atoms with Gasteiger partial charge in [0.15, 0.2) is 11.6 Å². The van der Waals surface area contributed by atoms with E-state index in [2.05, 4.69) is 32.0 Å². The van der Waals surface area contributed by atoms with Crippen LogP contribution in [0.5, 0.6) is 0 Å². The zero-order chi connectivity index (χ0) is 22.0. The number of anilines is 1. The van der Waals surface area contributed by atoms with Crippen molar-refractivity contribution in [1.29, 1.82) is 0 Å². The average Bonchev–Trinajstić information content (AvgIpc) is 3.56. The fourth-order valence-corrected chi connectivity index (χ4v) is 6.05. The third kappa shape index (κ3) is 3.00. The molecule has 2 bridgehead atoms. The van der Waals surface area contributed by atoms with Crippen molar-refractivity contribution < 1.29 is 8.78 Å². The maximum atomic E-state index is 15.8. The van der Waals surface area contributed by atoms with Crippen LogP contribution < -0.4 is 5.32 Å². The number of hydrogen-bond acceptors (Lipinski definition) is 3. The van der Waals surface area contributed by atoms with Crippen LogP contribution in [0.25, 0.3) is 27.1 Å². The number of nitrogens with one attached hydrogen (secondary N) is 2. The lowest BCUT2D eigenvalue weighted by Crippen LogP contribution is -2.47. The molecule has 4 aliphatic rings. The molecule has 0 aromatic carbocycles. The number of rotatable bonds is 4. The van der Waals surface area contributed by atoms with Crippen molar-refractivity contribution in [3.63, 3.8) is 0 Å². The van der Waals surface area contributed by atoms with Crippen LogP contribution in [0.1, 0.15) is 56.9 Å². The number of hydrogen-bond donors (Lipinski definition) is 2. The van der Waals surface area contributed by atoms with Crippen LogP contribution in [0, 0.1) is 36.0 Å². The van der Waals surface area contributed by atoms with Gasteiger partial charge in [-0.1, -0.05) is 6.92 Å². The highest BCUT2D eigenvalue weighted by Crippen LogP contribution is 2.51. The van der Waals surface area contributed by atoms with E-state index in [1.54, 1.807) is 6.20 Å². The number of H-pyrrole nitrogens is 1. The summed E-state index contributed by atoms with van der Waals surface area (Å²) in [5.74, 6) is 1.09. The predicted octanol–water partition coefficient (Wildman–Crippen LogP) is 6.57. The number of aromatic amines is 1. The molecule has 2 N–H and O–H groups in total. The Labute approximate surface area is 185 Å². The van der Waals surface area contributed by atoms with Crippen LogP contribution in [0.15, 0.2) is 18.5 Å². The molecule has 0 saturated heterocycles. The van der Waals surface area contributed by atoms with Crippen LogP contribution in [0.4, 0.5) is 20.3 Å². The van der Waals surface area contributed by atoms with Crippen LogP contribution in [0.2, 0.25) is 0 Å². The molecule has 4 saturated carbocycles. The molecule has 0 amide bonds. The predicted molar refractivity (Wildman–Crippen MR) is 120 cm³/mol. The van der Waals surface area contributed by atoms with Gasteiger partial charge in [-0.2, -0.15) is 0 Å². The largest absolute Gasteiger partial charge is 0.364 e. The lowest BCUT2D eigenvalue weighted by Gasteiger charge is -2.47. The summed E-state index contributed by atoms with van der Waals surface area (Å²) in [5, 5.41) is 4.03. The van der Waals surface area contributed by atoms with Gasteiger partial charge >= 0.3 is 0 Å². The first-order chi connectivity index (χ1) is 15.5. The molecule has 164 valence electrons. The number of halogens is 2. The molecule has 0 unspecified atom stereocenters. The first-order valence-electron chi connectivity index (χ1n) is 11.6. The molecular weight excluding hydrogens is 408 g/mol. The number of pyridine rings is 2. The molecule has 7 rings (SSSR count). The molecule has 0 radical (unpaired) electrons. The Morgan fingerprint density at radius 2 is 1.88 bits per heavy atom. The summed E-state index contributed by atoms with van der Waals surface area (Å²) in [5.41, 5.74) is 2.20. The van der Waals surface area contributed by atoms with Crippen LogP contribution in [-0.2, 0) is 0 Å². The SMILES string of the molecule is [C-]#[N+]c1c(-c2c[nH]c3ncc(F)cc23)nc(N[C@H]2C3CCC(CC3)[C@@H]2C)c(F)c1C1CC1. The molecule has 32 heavy (non-hydrogen) atoms. The molecule has 0 spiro atoms. The van der Waals surface area contributed by atoms with Crippen molar-refractivity contribution in [2.24, 2.45) is 17.8 Å². The number of nitrogens with zero attached hydrogens (tertiary/aromatic N) is 3. The van der Waals surface area contributed by atoms with Gasteiger partial charge in [0, 0.05) is 28.8 Å². The van der Waals surface area contributed by atoms with Gasteiger partial charge in [-0.05, 0) is 68.3 Å². The van der Waals surface area contributed by atoms with Crippen LogP contribution in [-0.4, -0.2) is 21.0 Å². The summed E-state index contributed by atoms with van der Waals surface area (Å²) in [4.78, 5) is 15.5. The summed E-state index contributed by atoms with van der Waals surface area (Å²) in [6.45, 7) is 10.1. The second-order valence-corrected chi connectivity index (χ2v) is 9.73. The molecule has 3 aromatic heterocycles. The van der Waals surface area contributed by atoms with Gasteiger partial charge in [0.05, 0.1) is 18.5 Å². The maximum absolute atomic E-state index is 15.8. The van der Waals surface area contributed by atoms with E-state index in [0.29, 0.717) is 45.6 Å². The fraction of sp³-hybridized carbons (Fsp3) is 0.480. The van der Waals surface area contributed by atoms with Crippen molar-refractivity contribution in [1.82, 2.24) is 15.0 Å². The van der Waals surface area contributed by atoms with Crippen molar-refractivity contribution >= 4 is 22.5 Å². The van der Waals surface area contributed by atoms with E-state index in [9.17, 15) is 4.39 Å². The molecule has 0 aliphatic heterocycles. The molecular formula is C25H25F2N5. The molecule has 2 atom stereocenters. The third-order valence-corrected chi connectivity index (χ3v) is 7.94. The summed E-state index contributed by atoms with van der Waals surface area (Å²) < 4.78 is 29.7. The van der Waals surface area contributed by atoms with E-state index in [-0.39, 0.29) is 29.3 Å². The highest BCUT2D eigenvalue weighted by molar-refractivity contribution is 5.97. The van der Waals surface area contributed by atoms with Gasteiger partial charge in [-0.15, -0.1) is 0 Å². The topological polar surface area (TPSA) is 58.0 Å². The van der Waals surface area contributed by atoms with E-state index < -0.39 is 5.82 Å². The van der Waals surface area contributed by atoms with E-state index in [1.807, 2.05) is 0 Å². The standard InChI is InChI=1S/C25H25F2N5/c1-12-13-3-7-15(8-4-13)21(12)31-25-20(27)19(14-5-6-14)23(28-2)22(32-25)18-11-30-24-17(18)9-16(26)10-29-24/h9-15,21H,3-8H2,1H3,(H,29,30)(H,31,32)/t12-,13?,15?,21+/m0/s1.